The molecule has 0 saturated heterocycles. The summed E-state index contributed by atoms with van der Waals surface area (Å²) in [7, 11) is 0. The SMILES string of the molecule is C[C@H](CCO)Nc1cc(Cl)ncc1-c1csc(C(F)(F)F)n1. The van der Waals surface area contributed by atoms with Gasteiger partial charge in [-0.2, -0.15) is 13.2 Å². The highest BCUT2D eigenvalue weighted by atomic mass is 35.5. The van der Waals surface area contributed by atoms with E-state index in [2.05, 4.69) is 15.3 Å². The van der Waals surface area contributed by atoms with E-state index >= 15 is 0 Å². The largest absolute Gasteiger partial charge is 0.443 e. The van der Waals surface area contributed by atoms with Crippen LogP contribution in [0.1, 0.15) is 18.4 Å². The van der Waals surface area contributed by atoms with Gasteiger partial charge in [0.05, 0.1) is 5.69 Å². The second-order valence-corrected chi connectivity index (χ2v) is 5.89. The Kier molecular flexibility index (Phi) is 5.25. The first-order chi connectivity index (χ1) is 10.3. The summed E-state index contributed by atoms with van der Waals surface area (Å²) in [4.78, 5) is 7.52. The first-order valence-corrected chi connectivity index (χ1v) is 7.63. The fourth-order valence-electron chi connectivity index (χ4n) is 1.81. The second-order valence-electron chi connectivity index (χ2n) is 4.65. The van der Waals surface area contributed by atoms with Gasteiger partial charge in [-0.3, -0.25) is 0 Å². The molecule has 0 aliphatic heterocycles. The Hall–Kier alpha value is -1.38. The van der Waals surface area contributed by atoms with E-state index in [1.807, 2.05) is 6.92 Å². The van der Waals surface area contributed by atoms with E-state index in [4.69, 9.17) is 16.7 Å². The number of aliphatic hydroxyl groups is 1. The molecule has 0 saturated carbocycles. The van der Waals surface area contributed by atoms with Crippen LogP contribution in [0.15, 0.2) is 17.6 Å². The van der Waals surface area contributed by atoms with E-state index in [0.29, 0.717) is 29.0 Å². The van der Waals surface area contributed by atoms with Crippen molar-refractivity contribution in [2.24, 2.45) is 0 Å². The van der Waals surface area contributed by atoms with Gasteiger partial charge >= 0.3 is 6.18 Å². The zero-order chi connectivity index (χ0) is 16.3. The lowest BCUT2D eigenvalue weighted by molar-refractivity contribution is -0.137. The molecule has 2 N–H and O–H groups in total. The standard InChI is InChI=1S/C13H13ClF3N3OS/c1-7(2-3-21)19-9-4-11(14)18-5-8(9)10-6-22-12(20-10)13(15,16)17/h4-7,21H,2-3H2,1H3,(H,18,19)/t7-/m1/s1. The van der Waals surface area contributed by atoms with Crippen molar-refractivity contribution in [3.05, 3.63) is 27.8 Å². The zero-order valence-electron chi connectivity index (χ0n) is 11.5. The highest BCUT2D eigenvalue weighted by molar-refractivity contribution is 7.10. The molecule has 0 radical (unpaired) electrons. The van der Waals surface area contributed by atoms with Crippen LogP contribution in [-0.2, 0) is 6.18 Å². The minimum absolute atomic E-state index is 0.00274. The molecule has 9 heteroatoms. The number of halogens is 4. The number of hydrogen-bond donors (Lipinski definition) is 2. The van der Waals surface area contributed by atoms with Crippen LogP contribution in [-0.4, -0.2) is 27.7 Å². The van der Waals surface area contributed by atoms with Gasteiger partial charge in [0.1, 0.15) is 5.15 Å². The first kappa shape index (κ1) is 17.0. The topological polar surface area (TPSA) is 58.0 Å². The summed E-state index contributed by atoms with van der Waals surface area (Å²) >= 11 is 6.37. The molecule has 0 spiro atoms. The van der Waals surface area contributed by atoms with Crippen molar-refractivity contribution < 1.29 is 18.3 Å². The Morgan fingerprint density at radius 1 is 1.45 bits per heavy atom. The van der Waals surface area contributed by atoms with Crippen molar-refractivity contribution in [1.82, 2.24) is 9.97 Å². The molecule has 1 atom stereocenters. The van der Waals surface area contributed by atoms with Crippen LogP contribution in [0.4, 0.5) is 18.9 Å². The third kappa shape index (κ3) is 4.08. The van der Waals surface area contributed by atoms with Gasteiger partial charge in [0.15, 0.2) is 5.01 Å². The third-order valence-electron chi connectivity index (χ3n) is 2.86. The van der Waals surface area contributed by atoms with Gasteiger partial charge in [0, 0.05) is 35.5 Å². The van der Waals surface area contributed by atoms with Crippen molar-refractivity contribution in [3.8, 4) is 11.3 Å². The fourth-order valence-corrected chi connectivity index (χ4v) is 2.66. The summed E-state index contributed by atoms with van der Waals surface area (Å²) < 4.78 is 38.0. The Labute approximate surface area is 134 Å². The quantitative estimate of drug-likeness (QED) is 0.797. The number of aliphatic hydroxyl groups excluding tert-OH is 1. The normalized spacial score (nSPS) is 13.2. The van der Waals surface area contributed by atoms with Gasteiger partial charge in [-0.15, -0.1) is 11.3 Å². The van der Waals surface area contributed by atoms with Crippen molar-refractivity contribution in [2.75, 3.05) is 11.9 Å². The average molecular weight is 352 g/mol. The molecule has 120 valence electrons. The molecule has 0 fully saturated rings. The predicted molar refractivity (Wildman–Crippen MR) is 80.1 cm³/mol. The summed E-state index contributed by atoms with van der Waals surface area (Å²) in [5, 5.41) is 12.7. The molecule has 0 amide bonds. The number of nitrogens with zero attached hydrogens (tertiary/aromatic N) is 2. The van der Waals surface area contributed by atoms with Crippen LogP contribution in [0.25, 0.3) is 11.3 Å². The fraction of sp³-hybridized carbons (Fsp3) is 0.385. The molecule has 0 aliphatic carbocycles. The number of thiazole rings is 1. The summed E-state index contributed by atoms with van der Waals surface area (Å²) in [5.74, 6) is 0. The minimum Gasteiger partial charge on any atom is -0.396 e. The number of alkyl halides is 3. The average Bonchev–Trinajstić information content (AvgIpc) is 2.88. The van der Waals surface area contributed by atoms with E-state index < -0.39 is 11.2 Å². The monoisotopic (exact) mass is 351 g/mol. The van der Waals surface area contributed by atoms with Crippen LogP contribution in [0.3, 0.4) is 0 Å². The lowest BCUT2D eigenvalue weighted by Crippen LogP contribution is -2.17. The lowest BCUT2D eigenvalue weighted by Gasteiger charge is -2.16. The summed E-state index contributed by atoms with van der Waals surface area (Å²) in [6, 6.07) is 1.44. The van der Waals surface area contributed by atoms with Gasteiger partial charge in [0.2, 0.25) is 0 Å². The van der Waals surface area contributed by atoms with Gasteiger partial charge in [0.25, 0.3) is 0 Å². The van der Waals surface area contributed by atoms with Crippen LogP contribution in [0, 0.1) is 0 Å². The molecule has 0 unspecified atom stereocenters. The minimum atomic E-state index is -4.47. The van der Waals surface area contributed by atoms with Gasteiger partial charge in [-0.1, -0.05) is 11.6 Å². The molecular weight excluding hydrogens is 339 g/mol. The Morgan fingerprint density at radius 2 is 2.18 bits per heavy atom. The molecule has 2 aromatic heterocycles. The number of aromatic nitrogens is 2. The summed E-state index contributed by atoms with van der Waals surface area (Å²) in [5.41, 5.74) is 1.14. The number of anilines is 1. The molecule has 2 aromatic rings. The highest BCUT2D eigenvalue weighted by Crippen LogP contribution is 2.36. The van der Waals surface area contributed by atoms with E-state index in [1.54, 1.807) is 0 Å². The van der Waals surface area contributed by atoms with E-state index in [-0.39, 0.29) is 23.5 Å². The Balaban J connectivity index is 2.36. The van der Waals surface area contributed by atoms with Crippen molar-refractivity contribution in [3.63, 3.8) is 0 Å². The van der Waals surface area contributed by atoms with Gasteiger partial charge in [-0.05, 0) is 19.4 Å². The zero-order valence-corrected chi connectivity index (χ0v) is 13.1. The maximum absolute atomic E-state index is 12.7. The smallest absolute Gasteiger partial charge is 0.396 e. The van der Waals surface area contributed by atoms with Crippen molar-refractivity contribution >= 4 is 28.6 Å². The Morgan fingerprint density at radius 3 is 2.77 bits per heavy atom. The number of rotatable bonds is 5. The molecule has 4 nitrogen and oxygen atoms in total. The van der Waals surface area contributed by atoms with Crippen LogP contribution in [0.2, 0.25) is 5.15 Å². The van der Waals surface area contributed by atoms with Crippen molar-refractivity contribution in [2.45, 2.75) is 25.6 Å². The second kappa shape index (κ2) is 6.80. The summed E-state index contributed by atoms with van der Waals surface area (Å²) in [6.07, 6.45) is -2.60. The predicted octanol–water partition coefficient (Wildman–Crippen LogP) is 4.06. The van der Waals surface area contributed by atoms with E-state index in [9.17, 15) is 13.2 Å². The van der Waals surface area contributed by atoms with E-state index in [1.165, 1.54) is 17.6 Å². The van der Waals surface area contributed by atoms with Crippen LogP contribution in [0.5, 0.6) is 0 Å². The molecule has 0 aliphatic rings. The van der Waals surface area contributed by atoms with Crippen LogP contribution >= 0.6 is 22.9 Å². The molecule has 0 aromatic carbocycles. The van der Waals surface area contributed by atoms with Gasteiger partial charge < -0.3 is 10.4 Å². The molecular formula is C13H13ClF3N3OS. The number of hydrogen-bond acceptors (Lipinski definition) is 5. The molecule has 22 heavy (non-hydrogen) atoms. The highest BCUT2D eigenvalue weighted by Gasteiger charge is 2.34. The van der Waals surface area contributed by atoms with E-state index in [0.717, 1.165) is 0 Å². The van der Waals surface area contributed by atoms with Crippen molar-refractivity contribution in [1.29, 1.82) is 0 Å². The number of nitrogens with one attached hydrogen (secondary N) is 1. The molecule has 2 heterocycles. The first-order valence-electron chi connectivity index (χ1n) is 6.37. The van der Waals surface area contributed by atoms with Gasteiger partial charge in [-0.25, -0.2) is 9.97 Å². The Bertz CT molecular complexity index is 648. The van der Waals surface area contributed by atoms with Crippen LogP contribution < -0.4 is 5.32 Å². The lowest BCUT2D eigenvalue weighted by atomic mass is 10.1. The maximum Gasteiger partial charge on any atom is 0.443 e. The maximum atomic E-state index is 12.7. The molecule has 0 bridgehead atoms. The third-order valence-corrected chi connectivity index (χ3v) is 3.95. The summed E-state index contributed by atoms with van der Waals surface area (Å²) in [6.45, 7) is 1.84. The number of pyridine rings is 1. The molecule has 2 rings (SSSR count).